The summed E-state index contributed by atoms with van der Waals surface area (Å²) in [4.78, 5) is 16.1. The highest BCUT2D eigenvalue weighted by Gasteiger charge is 2.21. The van der Waals surface area contributed by atoms with Crippen molar-refractivity contribution < 1.29 is 9.53 Å². The van der Waals surface area contributed by atoms with Crippen LogP contribution in [0, 0.1) is 0 Å². The van der Waals surface area contributed by atoms with Gasteiger partial charge in [0.25, 0.3) is 0 Å². The minimum absolute atomic E-state index is 0.121. The molecule has 2 aliphatic heterocycles. The number of nitrogens with one attached hydrogen (secondary N) is 1. The zero-order valence-corrected chi connectivity index (χ0v) is 10.4. The summed E-state index contributed by atoms with van der Waals surface area (Å²) in [6.07, 6.45) is 3.94. The monoisotopic (exact) mass is 239 g/mol. The predicted molar refractivity (Wildman–Crippen MR) is 65.8 cm³/mol. The van der Waals surface area contributed by atoms with E-state index in [4.69, 9.17) is 4.74 Å². The van der Waals surface area contributed by atoms with Crippen molar-refractivity contribution in [3.05, 3.63) is 12.2 Å². The van der Waals surface area contributed by atoms with Crippen molar-refractivity contribution in [1.82, 2.24) is 15.1 Å². The van der Waals surface area contributed by atoms with E-state index in [1.807, 2.05) is 24.1 Å². The molecule has 0 spiro atoms. The molecule has 0 bridgehead atoms. The lowest BCUT2D eigenvalue weighted by Crippen LogP contribution is -2.46. The molecule has 0 aromatic rings. The highest BCUT2D eigenvalue weighted by molar-refractivity contribution is 5.84. The Kier molecular flexibility index (Phi) is 4.53. The van der Waals surface area contributed by atoms with Gasteiger partial charge in [-0.25, -0.2) is 0 Å². The van der Waals surface area contributed by atoms with Crippen molar-refractivity contribution in [2.75, 3.05) is 53.0 Å². The first-order valence-corrected chi connectivity index (χ1v) is 6.22. The van der Waals surface area contributed by atoms with Crippen molar-refractivity contribution in [3.63, 3.8) is 0 Å². The first-order chi connectivity index (χ1) is 8.27. The Morgan fingerprint density at radius 1 is 1.53 bits per heavy atom. The summed E-state index contributed by atoms with van der Waals surface area (Å²) < 4.78 is 5.29. The van der Waals surface area contributed by atoms with Gasteiger partial charge in [0.05, 0.1) is 13.2 Å². The average molecular weight is 239 g/mol. The van der Waals surface area contributed by atoms with E-state index in [0.717, 1.165) is 45.9 Å². The Morgan fingerprint density at radius 2 is 2.29 bits per heavy atom. The van der Waals surface area contributed by atoms with E-state index in [9.17, 15) is 4.79 Å². The molecule has 0 unspecified atom stereocenters. The second kappa shape index (κ2) is 6.14. The minimum Gasteiger partial charge on any atom is -0.379 e. The lowest BCUT2D eigenvalue weighted by Gasteiger charge is -2.29. The predicted octanol–water partition coefficient (Wildman–Crippen LogP) is -0.695. The van der Waals surface area contributed by atoms with E-state index in [1.165, 1.54) is 0 Å². The Bertz CT molecular complexity index is 287. The van der Waals surface area contributed by atoms with E-state index >= 15 is 0 Å². The van der Waals surface area contributed by atoms with Gasteiger partial charge < -0.3 is 9.64 Å². The molecule has 2 heterocycles. The number of nitrogens with zero attached hydrogens (tertiary/aromatic N) is 2. The number of carbonyl (C=O) groups is 1. The standard InChI is InChI=1S/C12H21N3O2/c1-14(12(16)11-3-2-4-13-11)5-6-15-7-9-17-10-8-15/h2-3,11,13H,4-10H2,1H3/t11-/m0/s1. The largest absolute Gasteiger partial charge is 0.379 e. The molecule has 0 aromatic carbocycles. The normalized spacial score (nSPS) is 25.1. The zero-order chi connectivity index (χ0) is 12.1. The minimum atomic E-state index is -0.121. The van der Waals surface area contributed by atoms with Gasteiger partial charge in [-0.05, 0) is 0 Å². The molecule has 96 valence electrons. The van der Waals surface area contributed by atoms with Crippen LogP contribution in [0.4, 0.5) is 0 Å². The van der Waals surface area contributed by atoms with Crippen molar-refractivity contribution in [1.29, 1.82) is 0 Å². The smallest absolute Gasteiger partial charge is 0.243 e. The molecule has 1 amide bonds. The second-order valence-electron chi connectivity index (χ2n) is 4.53. The quantitative estimate of drug-likeness (QED) is 0.659. The van der Waals surface area contributed by atoms with Crippen LogP contribution in [-0.4, -0.2) is 74.7 Å². The topological polar surface area (TPSA) is 44.8 Å². The maximum Gasteiger partial charge on any atom is 0.243 e. The molecular weight excluding hydrogens is 218 g/mol. The third kappa shape index (κ3) is 3.52. The molecule has 0 saturated carbocycles. The molecule has 5 nitrogen and oxygen atoms in total. The van der Waals surface area contributed by atoms with Crippen LogP contribution in [0.1, 0.15) is 0 Å². The first kappa shape index (κ1) is 12.5. The molecule has 2 aliphatic rings. The number of hydrogen-bond donors (Lipinski definition) is 1. The SMILES string of the molecule is CN(CCN1CCOCC1)C(=O)[C@@H]1C=CCN1. The van der Waals surface area contributed by atoms with Crippen molar-refractivity contribution in [2.45, 2.75) is 6.04 Å². The molecule has 5 heteroatoms. The molecule has 1 saturated heterocycles. The van der Waals surface area contributed by atoms with Crippen LogP contribution >= 0.6 is 0 Å². The summed E-state index contributed by atoms with van der Waals surface area (Å²) in [7, 11) is 1.87. The van der Waals surface area contributed by atoms with Crippen LogP contribution in [0.3, 0.4) is 0 Å². The number of ether oxygens (including phenoxy) is 1. The van der Waals surface area contributed by atoms with E-state index in [1.54, 1.807) is 0 Å². The number of amides is 1. The number of rotatable bonds is 4. The lowest BCUT2D eigenvalue weighted by molar-refractivity contribution is -0.131. The fourth-order valence-corrected chi connectivity index (χ4v) is 2.10. The van der Waals surface area contributed by atoms with Crippen LogP contribution < -0.4 is 5.32 Å². The van der Waals surface area contributed by atoms with Crippen LogP contribution in [0.25, 0.3) is 0 Å². The van der Waals surface area contributed by atoms with Gasteiger partial charge in [-0.15, -0.1) is 0 Å². The van der Waals surface area contributed by atoms with Gasteiger partial charge in [0.2, 0.25) is 5.91 Å². The van der Waals surface area contributed by atoms with Gasteiger partial charge in [-0.2, -0.15) is 0 Å². The summed E-state index contributed by atoms with van der Waals surface area (Å²) in [5.74, 6) is 0.159. The molecular formula is C12H21N3O2. The Hall–Kier alpha value is -0.910. The molecule has 0 radical (unpaired) electrons. The highest BCUT2D eigenvalue weighted by atomic mass is 16.5. The summed E-state index contributed by atoms with van der Waals surface area (Å²) in [6.45, 7) is 6.09. The zero-order valence-electron chi connectivity index (χ0n) is 10.4. The lowest BCUT2D eigenvalue weighted by atomic mass is 10.2. The highest BCUT2D eigenvalue weighted by Crippen LogP contribution is 2.01. The van der Waals surface area contributed by atoms with E-state index in [0.29, 0.717) is 0 Å². The van der Waals surface area contributed by atoms with Crippen LogP contribution in [-0.2, 0) is 9.53 Å². The summed E-state index contributed by atoms with van der Waals surface area (Å²) in [5, 5.41) is 3.14. The molecule has 1 fully saturated rings. The van der Waals surface area contributed by atoms with Crippen LogP contribution in [0.5, 0.6) is 0 Å². The van der Waals surface area contributed by atoms with Gasteiger partial charge in [-0.1, -0.05) is 12.2 Å². The summed E-state index contributed by atoms with van der Waals surface area (Å²) >= 11 is 0. The van der Waals surface area contributed by atoms with Crippen molar-refractivity contribution >= 4 is 5.91 Å². The molecule has 1 N–H and O–H groups in total. The summed E-state index contributed by atoms with van der Waals surface area (Å²) in [5.41, 5.74) is 0. The van der Waals surface area contributed by atoms with Crippen molar-refractivity contribution in [3.8, 4) is 0 Å². The fourth-order valence-electron chi connectivity index (χ4n) is 2.10. The number of carbonyl (C=O) groups excluding carboxylic acids is 1. The Balaban J connectivity index is 1.70. The first-order valence-electron chi connectivity index (χ1n) is 6.22. The average Bonchev–Trinajstić information content (AvgIpc) is 2.90. The molecule has 0 aromatic heterocycles. The van der Waals surface area contributed by atoms with Crippen LogP contribution in [0.2, 0.25) is 0 Å². The summed E-state index contributed by atoms with van der Waals surface area (Å²) in [6, 6.07) is -0.121. The van der Waals surface area contributed by atoms with Gasteiger partial charge >= 0.3 is 0 Å². The van der Waals surface area contributed by atoms with E-state index in [2.05, 4.69) is 10.2 Å². The molecule has 17 heavy (non-hydrogen) atoms. The van der Waals surface area contributed by atoms with Gasteiger partial charge in [-0.3, -0.25) is 15.0 Å². The van der Waals surface area contributed by atoms with E-state index in [-0.39, 0.29) is 11.9 Å². The fraction of sp³-hybridized carbons (Fsp3) is 0.750. The third-order valence-corrected chi connectivity index (χ3v) is 3.28. The van der Waals surface area contributed by atoms with Gasteiger partial charge in [0.1, 0.15) is 6.04 Å². The number of morpholine rings is 1. The number of likely N-dealkylation sites (N-methyl/N-ethyl adjacent to an activating group) is 1. The van der Waals surface area contributed by atoms with Crippen LogP contribution in [0.15, 0.2) is 12.2 Å². The molecule has 0 aliphatic carbocycles. The third-order valence-electron chi connectivity index (χ3n) is 3.28. The number of hydrogen-bond acceptors (Lipinski definition) is 4. The van der Waals surface area contributed by atoms with Crippen molar-refractivity contribution in [2.24, 2.45) is 0 Å². The van der Waals surface area contributed by atoms with Gasteiger partial charge in [0.15, 0.2) is 0 Å². The maximum atomic E-state index is 12.0. The second-order valence-corrected chi connectivity index (χ2v) is 4.53. The Labute approximate surface area is 102 Å². The van der Waals surface area contributed by atoms with E-state index < -0.39 is 0 Å². The maximum absolute atomic E-state index is 12.0. The molecule has 2 rings (SSSR count). The Morgan fingerprint density at radius 3 is 2.94 bits per heavy atom. The molecule has 1 atom stereocenters. The van der Waals surface area contributed by atoms with Gasteiger partial charge in [0, 0.05) is 39.8 Å².